The van der Waals surface area contributed by atoms with Crippen LogP contribution in [0, 0.1) is 10.1 Å². The Morgan fingerprint density at radius 1 is 1.62 bits per heavy atom. The summed E-state index contributed by atoms with van der Waals surface area (Å²) in [5.41, 5.74) is 0.643. The molecule has 5 heteroatoms. The van der Waals surface area contributed by atoms with E-state index in [1.165, 1.54) is 12.1 Å². The summed E-state index contributed by atoms with van der Waals surface area (Å²) >= 11 is 5.72. The molecule has 1 saturated heterocycles. The number of hydrogen-bond donors (Lipinski definition) is 0. The Bertz CT molecular complexity index is 362. The molecule has 0 radical (unpaired) electrons. The standard InChI is InChI=1S/C8H6ClNO3/c9-5-1-2-7(10(11)12)6(3-5)8-4-13-8/h1-3,8H,4H2. The van der Waals surface area contributed by atoms with Crippen LogP contribution < -0.4 is 0 Å². The molecule has 1 aliphatic heterocycles. The maximum absolute atomic E-state index is 10.6. The van der Waals surface area contributed by atoms with Gasteiger partial charge in [-0.25, -0.2) is 0 Å². The van der Waals surface area contributed by atoms with Crippen LogP contribution in [-0.2, 0) is 4.74 Å². The molecule has 1 unspecified atom stereocenters. The van der Waals surface area contributed by atoms with Gasteiger partial charge in [-0.15, -0.1) is 0 Å². The number of nitro benzene ring substituents is 1. The van der Waals surface area contributed by atoms with Crippen molar-refractivity contribution in [3.8, 4) is 0 Å². The third-order valence-corrected chi connectivity index (χ3v) is 2.10. The highest BCUT2D eigenvalue weighted by molar-refractivity contribution is 6.30. The minimum absolute atomic E-state index is 0.0758. The highest BCUT2D eigenvalue weighted by Gasteiger charge is 2.31. The molecular formula is C8H6ClNO3. The first-order chi connectivity index (χ1) is 6.18. The molecule has 1 aromatic rings. The molecule has 0 N–H and O–H groups in total. The SMILES string of the molecule is O=[N+]([O-])c1ccc(Cl)cc1C1CO1. The maximum atomic E-state index is 10.6. The van der Waals surface area contributed by atoms with Crippen molar-refractivity contribution in [3.05, 3.63) is 38.9 Å². The van der Waals surface area contributed by atoms with Gasteiger partial charge in [-0.05, 0) is 12.1 Å². The lowest BCUT2D eigenvalue weighted by Gasteiger charge is -1.98. The van der Waals surface area contributed by atoms with Crippen molar-refractivity contribution in [1.29, 1.82) is 0 Å². The lowest BCUT2D eigenvalue weighted by atomic mass is 10.1. The van der Waals surface area contributed by atoms with Crippen molar-refractivity contribution >= 4 is 17.3 Å². The fraction of sp³-hybridized carbons (Fsp3) is 0.250. The van der Waals surface area contributed by atoms with Crippen molar-refractivity contribution in [2.45, 2.75) is 6.10 Å². The van der Waals surface area contributed by atoms with Gasteiger partial charge in [-0.2, -0.15) is 0 Å². The Hall–Kier alpha value is -1.13. The van der Waals surface area contributed by atoms with Gasteiger partial charge in [0.1, 0.15) is 6.10 Å². The average molecular weight is 200 g/mol. The highest BCUT2D eigenvalue weighted by Crippen LogP contribution is 2.37. The van der Waals surface area contributed by atoms with Crippen molar-refractivity contribution in [1.82, 2.24) is 0 Å². The lowest BCUT2D eigenvalue weighted by molar-refractivity contribution is -0.385. The number of nitrogens with zero attached hydrogens (tertiary/aromatic N) is 1. The first kappa shape index (κ1) is 8.47. The van der Waals surface area contributed by atoms with Crippen LogP contribution in [0.4, 0.5) is 5.69 Å². The van der Waals surface area contributed by atoms with E-state index < -0.39 is 4.92 Å². The molecule has 13 heavy (non-hydrogen) atoms. The van der Waals surface area contributed by atoms with Gasteiger partial charge in [0.25, 0.3) is 5.69 Å². The third-order valence-electron chi connectivity index (χ3n) is 1.87. The van der Waals surface area contributed by atoms with E-state index in [0.29, 0.717) is 17.2 Å². The molecule has 2 rings (SSSR count). The topological polar surface area (TPSA) is 55.7 Å². The minimum Gasteiger partial charge on any atom is -0.368 e. The molecule has 1 fully saturated rings. The Morgan fingerprint density at radius 2 is 2.31 bits per heavy atom. The molecule has 4 nitrogen and oxygen atoms in total. The summed E-state index contributed by atoms with van der Waals surface area (Å²) in [6, 6.07) is 4.49. The number of hydrogen-bond acceptors (Lipinski definition) is 3. The summed E-state index contributed by atoms with van der Waals surface area (Å²) in [4.78, 5) is 10.1. The van der Waals surface area contributed by atoms with E-state index in [1.807, 2.05) is 0 Å². The Labute approximate surface area is 79.2 Å². The number of halogens is 1. The van der Waals surface area contributed by atoms with Gasteiger partial charge in [0, 0.05) is 11.1 Å². The van der Waals surface area contributed by atoms with Crippen LogP contribution in [0.15, 0.2) is 18.2 Å². The van der Waals surface area contributed by atoms with Crippen molar-refractivity contribution in [2.24, 2.45) is 0 Å². The molecule has 1 aliphatic rings. The zero-order chi connectivity index (χ0) is 9.42. The van der Waals surface area contributed by atoms with Crippen molar-refractivity contribution in [2.75, 3.05) is 6.61 Å². The number of rotatable bonds is 2. The molecule has 0 spiro atoms. The second kappa shape index (κ2) is 2.97. The normalized spacial score (nSPS) is 19.9. The number of benzene rings is 1. The van der Waals surface area contributed by atoms with Gasteiger partial charge < -0.3 is 4.74 Å². The second-order valence-electron chi connectivity index (χ2n) is 2.78. The molecular weight excluding hydrogens is 194 g/mol. The number of epoxide rings is 1. The summed E-state index contributed by atoms with van der Waals surface area (Å²) in [7, 11) is 0. The van der Waals surface area contributed by atoms with Crippen LogP contribution in [0.25, 0.3) is 0 Å². The fourth-order valence-corrected chi connectivity index (χ4v) is 1.36. The highest BCUT2D eigenvalue weighted by atomic mass is 35.5. The third kappa shape index (κ3) is 1.64. The van der Waals surface area contributed by atoms with E-state index in [-0.39, 0.29) is 11.8 Å². The molecule has 1 atom stereocenters. The zero-order valence-electron chi connectivity index (χ0n) is 6.57. The van der Waals surface area contributed by atoms with E-state index in [1.54, 1.807) is 6.07 Å². The Kier molecular flexibility index (Phi) is 1.94. The van der Waals surface area contributed by atoms with E-state index in [2.05, 4.69) is 0 Å². The van der Waals surface area contributed by atoms with Crippen molar-refractivity contribution < 1.29 is 9.66 Å². The Morgan fingerprint density at radius 3 is 2.85 bits per heavy atom. The smallest absolute Gasteiger partial charge is 0.275 e. The number of nitro groups is 1. The molecule has 0 amide bonds. The van der Waals surface area contributed by atoms with E-state index in [9.17, 15) is 10.1 Å². The molecule has 1 heterocycles. The monoisotopic (exact) mass is 199 g/mol. The van der Waals surface area contributed by atoms with Crippen LogP contribution in [0.1, 0.15) is 11.7 Å². The van der Waals surface area contributed by atoms with Crippen LogP contribution in [0.5, 0.6) is 0 Å². The summed E-state index contributed by atoms with van der Waals surface area (Å²) in [6.07, 6.45) is -0.140. The van der Waals surface area contributed by atoms with E-state index >= 15 is 0 Å². The summed E-state index contributed by atoms with van der Waals surface area (Å²) in [5.74, 6) is 0. The average Bonchev–Trinajstić information content (AvgIpc) is 2.85. The van der Waals surface area contributed by atoms with Crippen LogP contribution >= 0.6 is 11.6 Å². The van der Waals surface area contributed by atoms with Crippen LogP contribution in [-0.4, -0.2) is 11.5 Å². The quantitative estimate of drug-likeness (QED) is 0.417. The predicted molar refractivity (Wildman–Crippen MR) is 46.8 cm³/mol. The second-order valence-corrected chi connectivity index (χ2v) is 3.22. The molecule has 0 bridgehead atoms. The largest absolute Gasteiger partial charge is 0.368 e. The zero-order valence-corrected chi connectivity index (χ0v) is 7.32. The molecule has 0 aromatic heterocycles. The molecule has 0 aliphatic carbocycles. The number of ether oxygens (including phenoxy) is 1. The van der Waals surface area contributed by atoms with Gasteiger partial charge in [0.05, 0.1) is 17.1 Å². The van der Waals surface area contributed by atoms with Crippen molar-refractivity contribution in [3.63, 3.8) is 0 Å². The van der Waals surface area contributed by atoms with Gasteiger partial charge in [-0.1, -0.05) is 11.6 Å². The minimum atomic E-state index is -0.423. The maximum Gasteiger partial charge on any atom is 0.275 e. The summed E-state index contributed by atoms with van der Waals surface area (Å²) < 4.78 is 4.98. The Balaban J connectivity index is 2.47. The fourth-order valence-electron chi connectivity index (χ4n) is 1.18. The van der Waals surface area contributed by atoms with Gasteiger partial charge in [0.2, 0.25) is 0 Å². The van der Waals surface area contributed by atoms with Gasteiger partial charge in [0.15, 0.2) is 0 Å². The predicted octanol–water partition coefficient (Wildman–Crippen LogP) is 2.32. The molecule has 0 saturated carbocycles. The van der Waals surface area contributed by atoms with E-state index in [4.69, 9.17) is 16.3 Å². The summed E-state index contributed by atoms with van der Waals surface area (Å²) in [6.45, 7) is 0.543. The van der Waals surface area contributed by atoms with Crippen LogP contribution in [0.3, 0.4) is 0 Å². The van der Waals surface area contributed by atoms with E-state index in [0.717, 1.165) is 0 Å². The van der Waals surface area contributed by atoms with Gasteiger partial charge >= 0.3 is 0 Å². The molecule has 68 valence electrons. The van der Waals surface area contributed by atoms with Crippen LogP contribution in [0.2, 0.25) is 5.02 Å². The molecule has 1 aromatic carbocycles. The first-order valence-electron chi connectivity index (χ1n) is 3.74. The first-order valence-corrected chi connectivity index (χ1v) is 4.12. The lowest BCUT2D eigenvalue weighted by Crippen LogP contribution is -1.93. The summed E-state index contributed by atoms with van der Waals surface area (Å²) in [5, 5.41) is 11.1. The van der Waals surface area contributed by atoms with Gasteiger partial charge in [-0.3, -0.25) is 10.1 Å².